The van der Waals surface area contributed by atoms with E-state index in [0.29, 0.717) is 5.56 Å². The van der Waals surface area contributed by atoms with Crippen LogP contribution in [0.3, 0.4) is 0 Å². The Morgan fingerprint density at radius 2 is 1.64 bits per heavy atom. The quantitative estimate of drug-likeness (QED) is 0.544. The average molecular weight is 474 g/mol. The largest absolute Gasteiger partial charge is 0.304 e. The first kappa shape index (κ1) is 21.3. The van der Waals surface area contributed by atoms with E-state index in [9.17, 15) is 31.4 Å². The van der Waals surface area contributed by atoms with Gasteiger partial charge in [-0.1, -0.05) is 12.1 Å². The molecule has 2 atom stereocenters. The van der Waals surface area contributed by atoms with Gasteiger partial charge >= 0.3 is 0 Å². The van der Waals surface area contributed by atoms with Crippen LogP contribution >= 0.6 is 0 Å². The smallest absolute Gasteiger partial charge is 0.271 e. The van der Waals surface area contributed by atoms with Gasteiger partial charge in [0.05, 0.1) is 23.0 Å². The third-order valence-electron chi connectivity index (χ3n) is 5.69. The molecule has 0 radical (unpaired) electrons. The lowest BCUT2D eigenvalue weighted by molar-refractivity contribution is -0.123. The third-order valence-corrected chi connectivity index (χ3v) is 7.43. The van der Waals surface area contributed by atoms with Crippen molar-refractivity contribution in [1.82, 2.24) is 0 Å². The number of carbonyl (C=O) groups is 2. The molecule has 2 aliphatic heterocycles. The number of carbonyl (C=O) groups excluding carboxylic acids is 2. The van der Waals surface area contributed by atoms with Crippen LogP contribution < -0.4 is 9.80 Å². The van der Waals surface area contributed by atoms with Gasteiger partial charge in [-0.05, 0) is 48.0 Å². The summed E-state index contributed by atoms with van der Waals surface area (Å²) in [4.78, 5) is 26.6. The molecule has 2 aliphatic rings. The van der Waals surface area contributed by atoms with Gasteiger partial charge < -0.3 is 4.90 Å². The van der Waals surface area contributed by atoms with Crippen LogP contribution in [0.15, 0.2) is 60.7 Å². The molecule has 5 rings (SSSR count). The molecule has 0 N–H and O–H groups in total. The maximum atomic E-state index is 14.3. The Morgan fingerprint density at radius 3 is 2.36 bits per heavy atom. The average Bonchev–Trinajstić information content (AvgIpc) is 3.16. The van der Waals surface area contributed by atoms with Crippen LogP contribution in [-0.4, -0.2) is 21.8 Å². The molecule has 168 valence electrons. The molecule has 3 aromatic carbocycles. The number of hydrogen-bond acceptors (Lipinski definition) is 3. The molecule has 1 saturated heterocycles. The lowest BCUT2D eigenvalue weighted by Crippen LogP contribution is -2.52. The summed E-state index contributed by atoms with van der Waals surface area (Å²) in [7, 11) is -2.18. The van der Waals surface area contributed by atoms with Gasteiger partial charge in [0, 0.05) is 17.3 Å². The highest BCUT2D eigenvalue weighted by atomic mass is 32.2. The molecule has 3 aromatic rings. The van der Waals surface area contributed by atoms with E-state index in [2.05, 4.69) is 0 Å². The summed E-state index contributed by atoms with van der Waals surface area (Å²) in [6, 6.07) is 11.5. The lowest BCUT2D eigenvalue weighted by Gasteiger charge is -2.32. The molecule has 2 unspecified atom stereocenters. The molecule has 33 heavy (non-hydrogen) atoms. The van der Waals surface area contributed by atoms with Gasteiger partial charge in [0.1, 0.15) is 17.4 Å². The van der Waals surface area contributed by atoms with Gasteiger partial charge in [0.25, 0.3) is 5.91 Å². The fourth-order valence-electron chi connectivity index (χ4n) is 4.34. The second kappa shape index (κ2) is 7.51. The summed E-state index contributed by atoms with van der Waals surface area (Å²) in [5.74, 6) is -5.87. The molecule has 1 fully saturated rings. The summed E-state index contributed by atoms with van der Waals surface area (Å²) >= 11 is 0. The Balaban J connectivity index is 1.72. The van der Waals surface area contributed by atoms with Crippen molar-refractivity contribution in [3.63, 3.8) is 0 Å². The van der Waals surface area contributed by atoms with Crippen LogP contribution in [0, 0.1) is 23.3 Å². The fraction of sp³-hybridized carbons (Fsp3) is 0.130. The highest BCUT2D eigenvalue weighted by Crippen LogP contribution is 2.51. The summed E-state index contributed by atoms with van der Waals surface area (Å²) < 4.78 is 68.9. The first-order valence-corrected chi connectivity index (χ1v) is 11.1. The van der Waals surface area contributed by atoms with E-state index in [1.165, 1.54) is 29.2 Å². The van der Waals surface area contributed by atoms with E-state index >= 15 is 0 Å². The topological polar surface area (TPSA) is 57.7 Å². The number of benzene rings is 3. The molecule has 0 saturated carbocycles. The number of rotatable bonds is 3. The molecule has 0 aliphatic carbocycles. The molecule has 1 spiro atoms. The number of anilines is 2. The Labute approximate surface area is 187 Å². The third kappa shape index (κ3) is 3.08. The van der Waals surface area contributed by atoms with Crippen LogP contribution in [-0.2, 0) is 31.8 Å². The molecule has 0 aromatic heterocycles. The van der Waals surface area contributed by atoms with Gasteiger partial charge in [0.2, 0.25) is 10.8 Å². The maximum Gasteiger partial charge on any atom is 0.271 e. The van der Waals surface area contributed by atoms with Crippen molar-refractivity contribution in [3.8, 4) is 0 Å². The van der Waals surface area contributed by atoms with Gasteiger partial charge in [-0.15, -0.1) is 0 Å². The van der Waals surface area contributed by atoms with Crippen molar-refractivity contribution in [3.05, 3.63) is 95.1 Å². The zero-order valence-electron chi connectivity index (χ0n) is 16.7. The Hall–Kier alpha value is -3.53. The molecule has 10 heteroatoms. The minimum absolute atomic E-state index is 0.0437. The Bertz CT molecular complexity index is 1370. The van der Waals surface area contributed by atoms with Crippen LogP contribution in [0.2, 0.25) is 0 Å². The fourth-order valence-corrected chi connectivity index (χ4v) is 6.03. The van der Waals surface area contributed by atoms with Crippen LogP contribution in [0.1, 0.15) is 11.1 Å². The summed E-state index contributed by atoms with van der Waals surface area (Å²) in [6.45, 7) is -0.145. The highest BCUT2D eigenvalue weighted by Gasteiger charge is 2.65. The number of nitrogens with zero attached hydrogens (tertiary/aromatic N) is 2. The molecular formula is C23H14F4N2O3S. The number of fused-ring (bicyclic) bond motifs is 2. The van der Waals surface area contributed by atoms with Gasteiger partial charge in [-0.2, -0.15) is 0 Å². The first-order valence-electron chi connectivity index (χ1n) is 9.76. The van der Waals surface area contributed by atoms with E-state index in [-0.39, 0.29) is 23.5 Å². The summed E-state index contributed by atoms with van der Waals surface area (Å²) in [5.41, 5.74) is 0.352. The molecule has 2 heterocycles. The zero-order valence-corrected chi connectivity index (χ0v) is 17.5. The Kier molecular flexibility index (Phi) is 4.86. The molecular weight excluding hydrogens is 460 g/mol. The predicted molar refractivity (Wildman–Crippen MR) is 113 cm³/mol. The maximum absolute atomic E-state index is 14.3. The minimum atomic E-state index is -2.18. The monoisotopic (exact) mass is 474 g/mol. The SMILES string of the molecule is O=C1CS(=O)C2(C(=O)N(Cc3cccc(F)c3)c3ccc(F)cc32)N1c1ccc(F)c(F)c1. The van der Waals surface area contributed by atoms with Crippen LogP contribution in [0.5, 0.6) is 0 Å². The summed E-state index contributed by atoms with van der Waals surface area (Å²) in [5, 5.41) is 0. The number of halogens is 4. The van der Waals surface area contributed by atoms with Crippen molar-refractivity contribution in [1.29, 1.82) is 0 Å². The highest BCUT2D eigenvalue weighted by molar-refractivity contribution is 7.88. The lowest BCUT2D eigenvalue weighted by atomic mass is 10.0. The summed E-state index contributed by atoms with van der Waals surface area (Å²) in [6.07, 6.45) is 0. The normalized spacial score (nSPS) is 21.9. The second-order valence-corrected chi connectivity index (χ2v) is 9.21. The van der Waals surface area contributed by atoms with E-state index in [0.717, 1.165) is 35.2 Å². The standard InChI is InChI=1S/C23H14F4N2O3S/c24-14-3-1-2-13(8-14)11-28-20-7-4-15(25)9-17(20)23(22(28)31)29(21(30)12-33(23)32)16-5-6-18(26)19(27)10-16/h1-10H,11-12H2. The van der Waals surface area contributed by atoms with Crippen molar-refractivity contribution < 1.29 is 31.4 Å². The minimum Gasteiger partial charge on any atom is -0.304 e. The predicted octanol–water partition coefficient (Wildman–Crippen LogP) is 3.74. The van der Waals surface area contributed by atoms with Crippen LogP contribution in [0.4, 0.5) is 28.9 Å². The number of amides is 2. The molecule has 5 nitrogen and oxygen atoms in total. The molecule has 2 amide bonds. The van der Waals surface area contributed by atoms with Crippen molar-refractivity contribution >= 4 is 34.0 Å². The van der Waals surface area contributed by atoms with E-state index < -0.39 is 56.5 Å². The van der Waals surface area contributed by atoms with E-state index in [4.69, 9.17) is 0 Å². The van der Waals surface area contributed by atoms with Crippen molar-refractivity contribution in [2.24, 2.45) is 0 Å². The zero-order chi connectivity index (χ0) is 23.5. The van der Waals surface area contributed by atoms with Gasteiger partial charge in [0.15, 0.2) is 11.6 Å². The van der Waals surface area contributed by atoms with E-state index in [1.54, 1.807) is 6.07 Å². The van der Waals surface area contributed by atoms with Gasteiger partial charge in [-0.3, -0.25) is 18.7 Å². The second-order valence-electron chi connectivity index (χ2n) is 7.64. The van der Waals surface area contributed by atoms with Crippen molar-refractivity contribution in [2.45, 2.75) is 11.4 Å². The molecule has 0 bridgehead atoms. The Morgan fingerprint density at radius 1 is 0.879 bits per heavy atom. The van der Waals surface area contributed by atoms with Crippen LogP contribution in [0.25, 0.3) is 0 Å². The number of hydrogen-bond donors (Lipinski definition) is 0. The van der Waals surface area contributed by atoms with Crippen molar-refractivity contribution in [2.75, 3.05) is 15.6 Å². The van der Waals surface area contributed by atoms with E-state index in [1.807, 2.05) is 0 Å². The van der Waals surface area contributed by atoms with Gasteiger partial charge in [-0.25, -0.2) is 17.6 Å². The first-order chi connectivity index (χ1) is 15.7.